The van der Waals surface area contributed by atoms with Gasteiger partial charge in [-0.25, -0.2) is 0 Å². The fourth-order valence-electron chi connectivity index (χ4n) is 10.3. The topological polar surface area (TPSA) is 242 Å². The van der Waals surface area contributed by atoms with Crippen LogP contribution in [0.25, 0.3) is 0 Å². The molecular weight excluding hydrogens is 845 g/mol. The number of nitrogens with zero attached hydrogens (tertiary/aromatic N) is 3. The highest BCUT2D eigenvalue weighted by Crippen LogP contribution is 2.60. The van der Waals surface area contributed by atoms with Crippen LogP contribution in [-0.4, -0.2) is 118 Å². The molecule has 338 valence electrons. The molecule has 4 aromatic carbocycles. The molecule has 0 bridgehead atoms. The fourth-order valence-corrected chi connectivity index (χ4v) is 14.3. The number of hydrogen-bond donors (Lipinski definition) is 6. The monoisotopic (exact) mass is 896 g/mol. The number of hydrogen-bond acceptors (Lipinski definition) is 13. The maximum atomic E-state index is 15.4. The molecule has 3 amide bonds. The van der Waals surface area contributed by atoms with Crippen LogP contribution < -0.4 is 20.1 Å². The number of nitro benzene ring substituents is 1. The number of nitro groups is 1. The van der Waals surface area contributed by atoms with E-state index in [0.717, 1.165) is 16.3 Å². The number of carbonyl (C=O) groups is 3. The van der Waals surface area contributed by atoms with Gasteiger partial charge in [0.2, 0.25) is 5.91 Å². The maximum absolute atomic E-state index is 15.4. The standard InChI is InChI=1S/C46H52N4O13Si/c1-25-42(64(3,4)33-16-14-32(61-2)15-17-33)36(21-37(52)48-23-28-8-6-5-7-27(28)19-31(48)24-51)63-46(25)34-20-30(50(59)60)13-18-35(34)49(45(46)58)22-26-9-11-29(12-10-26)47-43(56)41-39(54)38(53)40(55)44(57)62-41/h5-18,20,25,31,36,38-42,44,51,53-55,57H,19,21-24H2,1-4H3,(H,47,56)/t25-,31-,36+,38-,39-,40+,41-,42-,44+,46+/m0/s1. The van der Waals surface area contributed by atoms with Crippen molar-refractivity contribution < 1.29 is 59.1 Å². The van der Waals surface area contributed by atoms with E-state index in [4.69, 9.17) is 14.2 Å². The zero-order valence-corrected chi connectivity index (χ0v) is 36.7. The summed E-state index contributed by atoms with van der Waals surface area (Å²) in [6.07, 6.45) is -9.46. The first-order valence-electron chi connectivity index (χ1n) is 21.2. The molecule has 6 N–H and O–H groups in total. The van der Waals surface area contributed by atoms with Crippen LogP contribution in [0.2, 0.25) is 18.6 Å². The molecule has 10 atom stereocenters. The Labute approximate surface area is 370 Å². The Bertz CT molecular complexity index is 2440. The summed E-state index contributed by atoms with van der Waals surface area (Å²) >= 11 is 0. The van der Waals surface area contributed by atoms with Crippen molar-refractivity contribution in [1.29, 1.82) is 0 Å². The zero-order chi connectivity index (χ0) is 45.8. The predicted molar refractivity (Wildman–Crippen MR) is 234 cm³/mol. The number of non-ortho nitro benzene ring substituents is 1. The average Bonchev–Trinajstić information content (AvgIpc) is 3.72. The molecule has 0 unspecified atom stereocenters. The Balaban J connectivity index is 1.13. The molecule has 0 aromatic heterocycles. The van der Waals surface area contributed by atoms with Crippen LogP contribution in [0.5, 0.6) is 5.75 Å². The third kappa shape index (κ3) is 7.76. The highest BCUT2D eigenvalue weighted by Gasteiger charge is 2.67. The number of amides is 3. The number of rotatable bonds is 11. The molecule has 4 heterocycles. The molecule has 1 spiro atoms. The van der Waals surface area contributed by atoms with Crippen molar-refractivity contribution in [1.82, 2.24) is 4.90 Å². The first-order chi connectivity index (χ1) is 30.5. The summed E-state index contributed by atoms with van der Waals surface area (Å²) in [5, 5.41) is 66.5. The quantitative estimate of drug-likeness (QED) is 0.0722. The maximum Gasteiger partial charge on any atom is 0.269 e. The lowest BCUT2D eigenvalue weighted by molar-refractivity contribution is -0.385. The van der Waals surface area contributed by atoms with Gasteiger partial charge in [0.25, 0.3) is 17.5 Å². The van der Waals surface area contributed by atoms with E-state index in [1.54, 1.807) is 36.3 Å². The molecule has 64 heavy (non-hydrogen) atoms. The second kappa shape index (κ2) is 17.4. The number of fused-ring (bicyclic) bond motifs is 3. The van der Waals surface area contributed by atoms with Gasteiger partial charge in [0.05, 0.1) is 57.5 Å². The molecule has 0 aliphatic carbocycles. The van der Waals surface area contributed by atoms with Crippen LogP contribution in [0.3, 0.4) is 0 Å². The van der Waals surface area contributed by atoms with E-state index in [2.05, 4.69) is 18.4 Å². The van der Waals surface area contributed by atoms with Crippen LogP contribution in [-0.2, 0) is 49.0 Å². The van der Waals surface area contributed by atoms with E-state index >= 15 is 4.79 Å². The van der Waals surface area contributed by atoms with E-state index in [1.807, 2.05) is 55.5 Å². The van der Waals surface area contributed by atoms with Gasteiger partial charge in [-0.05, 0) is 59.0 Å². The van der Waals surface area contributed by atoms with Crippen molar-refractivity contribution in [2.45, 2.75) is 99.9 Å². The van der Waals surface area contributed by atoms with Gasteiger partial charge in [0.15, 0.2) is 18.0 Å². The van der Waals surface area contributed by atoms with Crippen molar-refractivity contribution >= 4 is 48.0 Å². The lowest BCUT2D eigenvalue weighted by Gasteiger charge is -2.39. The molecule has 17 nitrogen and oxygen atoms in total. The van der Waals surface area contributed by atoms with Gasteiger partial charge in [0.1, 0.15) is 24.1 Å². The summed E-state index contributed by atoms with van der Waals surface area (Å²) in [6.45, 7) is 6.32. The normalized spacial score (nSPS) is 28.8. The van der Waals surface area contributed by atoms with E-state index in [1.165, 1.54) is 23.1 Å². The van der Waals surface area contributed by atoms with Crippen molar-refractivity contribution in [2.24, 2.45) is 5.92 Å². The van der Waals surface area contributed by atoms with Crippen LogP contribution in [0.1, 0.15) is 35.6 Å². The lowest BCUT2D eigenvalue weighted by Crippen LogP contribution is -2.60. The van der Waals surface area contributed by atoms with Crippen molar-refractivity contribution in [2.75, 3.05) is 23.9 Å². The highest BCUT2D eigenvalue weighted by molar-refractivity contribution is 6.91. The molecule has 2 saturated heterocycles. The third-order valence-corrected chi connectivity index (χ3v) is 18.1. The molecule has 8 rings (SSSR count). The van der Waals surface area contributed by atoms with Crippen LogP contribution in [0.15, 0.2) is 91.0 Å². The van der Waals surface area contributed by atoms with Gasteiger partial charge in [-0.15, -0.1) is 0 Å². The number of methoxy groups -OCH3 is 1. The molecule has 18 heteroatoms. The second-order valence-corrected chi connectivity index (χ2v) is 22.3. The van der Waals surface area contributed by atoms with Gasteiger partial charge in [-0.3, -0.25) is 24.5 Å². The Kier molecular flexibility index (Phi) is 12.3. The number of aliphatic hydroxyl groups is 5. The predicted octanol–water partition coefficient (Wildman–Crippen LogP) is 2.44. The average molecular weight is 897 g/mol. The fraction of sp³-hybridized carbons (Fsp3) is 0.413. The number of anilines is 2. The van der Waals surface area contributed by atoms with E-state index in [9.17, 15) is 45.2 Å². The molecule has 0 saturated carbocycles. The lowest BCUT2D eigenvalue weighted by atomic mass is 9.82. The third-order valence-electron chi connectivity index (χ3n) is 13.7. The van der Waals surface area contributed by atoms with Gasteiger partial charge >= 0.3 is 0 Å². The minimum Gasteiger partial charge on any atom is -0.497 e. The second-order valence-electron chi connectivity index (χ2n) is 17.6. The van der Waals surface area contributed by atoms with Gasteiger partial charge in [-0.1, -0.05) is 73.7 Å². The molecule has 0 radical (unpaired) electrons. The van der Waals surface area contributed by atoms with E-state index in [0.29, 0.717) is 35.5 Å². The van der Waals surface area contributed by atoms with Crippen LogP contribution in [0.4, 0.5) is 17.1 Å². The van der Waals surface area contributed by atoms with Crippen LogP contribution in [0, 0.1) is 16.0 Å². The number of ether oxygens (including phenoxy) is 3. The Morgan fingerprint density at radius 3 is 2.30 bits per heavy atom. The molecule has 4 aliphatic heterocycles. The van der Waals surface area contributed by atoms with Gasteiger partial charge in [-0.2, -0.15) is 0 Å². The first-order valence-corrected chi connectivity index (χ1v) is 24.3. The number of aliphatic hydroxyl groups excluding tert-OH is 5. The smallest absolute Gasteiger partial charge is 0.269 e. The summed E-state index contributed by atoms with van der Waals surface area (Å²) in [6, 6.07) is 25.8. The zero-order valence-electron chi connectivity index (χ0n) is 35.7. The van der Waals surface area contributed by atoms with Crippen molar-refractivity contribution in [3.05, 3.63) is 123 Å². The van der Waals surface area contributed by atoms with Gasteiger partial charge in [0, 0.05) is 35.8 Å². The summed E-state index contributed by atoms with van der Waals surface area (Å²) in [5.74, 6) is -1.49. The Hall–Kier alpha value is -5.57. The number of carbonyl (C=O) groups excluding carboxylic acids is 3. The van der Waals surface area contributed by atoms with Gasteiger partial charge < -0.3 is 54.9 Å². The summed E-state index contributed by atoms with van der Waals surface area (Å²) in [5.41, 5.74) is 1.32. The van der Waals surface area contributed by atoms with Crippen molar-refractivity contribution in [3.8, 4) is 5.75 Å². The minimum atomic E-state index is -2.74. The SMILES string of the molecule is COc1ccc([Si](C)(C)[C@@H]2[C@@H](CC(=O)N3Cc4ccccc4C[C@H]3CO)O[C@]3(C(=O)N(Cc4ccc(NC(=O)[C@H]5O[C@@H](O)[C@H](O)[C@@H](O)[C@@H]5O)cc4)c4ccc([N+](=O)[O-])cc43)[C@H]2C)cc1. The van der Waals surface area contributed by atoms with Crippen molar-refractivity contribution in [3.63, 3.8) is 0 Å². The largest absolute Gasteiger partial charge is 0.497 e. The molecule has 4 aliphatic rings. The summed E-state index contributed by atoms with van der Waals surface area (Å²) in [4.78, 5) is 58.0. The summed E-state index contributed by atoms with van der Waals surface area (Å²) < 4.78 is 17.6. The van der Waals surface area contributed by atoms with Crippen LogP contribution >= 0.6 is 0 Å². The number of benzene rings is 4. The van der Waals surface area contributed by atoms with E-state index in [-0.39, 0.29) is 42.4 Å². The number of nitrogens with one attached hydrogen (secondary N) is 1. The first kappa shape index (κ1) is 45.0. The molecular formula is C46H52N4O13Si. The Morgan fingerprint density at radius 1 is 0.953 bits per heavy atom. The summed E-state index contributed by atoms with van der Waals surface area (Å²) in [7, 11) is -1.15. The molecule has 2 fully saturated rings. The Morgan fingerprint density at radius 2 is 1.64 bits per heavy atom. The highest BCUT2D eigenvalue weighted by atomic mass is 28.3. The minimum absolute atomic E-state index is 0.00461. The molecule has 4 aromatic rings. The van der Waals surface area contributed by atoms with E-state index < -0.39 is 79.2 Å².